The number of nitrogens with zero attached hydrogens (tertiary/aromatic N) is 2. The molecule has 0 N–H and O–H groups in total. The number of nitriles is 1. The Labute approximate surface area is 90.7 Å². The van der Waals surface area contributed by atoms with Crippen LogP contribution in [0.3, 0.4) is 0 Å². The molecule has 1 rings (SSSR count). The molecule has 0 spiro atoms. The minimum atomic E-state index is -0.116. The lowest BCUT2D eigenvalue weighted by Gasteiger charge is -2.20. The van der Waals surface area contributed by atoms with Crippen molar-refractivity contribution >= 4 is 0 Å². The molecule has 0 saturated heterocycles. The SMILES string of the molecule is COCc1ccnc(C(C)(C)C)c1C#N. The van der Waals surface area contributed by atoms with Gasteiger partial charge in [-0.3, -0.25) is 4.98 Å². The summed E-state index contributed by atoms with van der Waals surface area (Å²) in [4.78, 5) is 4.29. The summed E-state index contributed by atoms with van der Waals surface area (Å²) in [6.45, 7) is 6.60. The van der Waals surface area contributed by atoms with Crippen LogP contribution in [0.15, 0.2) is 12.3 Å². The van der Waals surface area contributed by atoms with Gasteiger partial charge in [0.05, 0.1) is 17.9 Å². The molecule has 80 valence electrons. The monoisotopic (exact) mass is 204 g/mol. The highest BCUT2D eigenvalue weighted by molar-refractivity contribution is 5.43. The number of methoxy groups -OCH3 is 1. The largest absolute Gasteiger partial charge is 0.380 e. The first kappa shape index (κ1) is 11.7. The van der Waals surface area contributed by atoms with Crippen LogP contribution in [0.4, 0.5) is 0 Å². The van der Waals surface area contributed by atoms with E-state index in [9.17, 15) is 0 Å². The fourth-order valence-electron chi connectivity index (χ4n) is 1.47. The average molecular weight is 204 g/mol. The summed E-state index contributed by atoms with van der Waals surface area (Å²) in [6, 6.07) is 4.04. The number of rotatable bonds is 2. The molecule has 0 bridgehead atoms. The highest BCUT2D eigenvalue weighted by atomic mass is 16.5. The van der Waals surface area contributed by atoms with E-state index in [0.717, 1.165) is 11.3 Å². The van der Waals surface area contributed by atoms with Crippen molar-refractivity contribution in [3.05, 3.63) is 29.1 Å². The van der Waals surface area contributed by atoms with E-state index in [1.54, 1.807) is 13.3 Å². The first-order valence-corrected chi connectivity index (χ1v) is 4.88. The fraction of sp³-hybridized carbons (Fsp3) is 0.500. The van der Waals surface area contributed by atoms with E-state index in [1.165, 1.54) is 0 Å². The maximum atomic E-state index is 9.14. The Morgan fingerprint density at radius 3 is 2.60 bits per heavy atom. The van der Waals surface area contributed by atoms with Gasteiger partial charge in [-0.2, -0.15) is 5.26 Å². The molecule has 0 aliphatic rings. The number of aromatic nitrogens is 1. The van der Waals surface area contributed by atoms with Crippen LogP contribution in [-0.2, 0) is 16.8 Å². The van der Waals surface area contributed by atoms with Gasteiger partial charge in [0.25, 0.3) is 0 Å². The summed E-state index contributed by atoms with van der Waals surface area (Å²) in [5.74, 6) is 0. The molecule has 3 heteroatoms. The quantitative estimate of drug-likeness (QED) is 0.743. The second kappa shape index (κ2) is 4.41. The van der Waals surface area contributed by atoms with Crippen molar-refractivity contribution in [3.8, 4) is 6.07 Å². The maximum Gasteiger partial charge on any atom is 0.101 e. The van der Waals surface area contributed by atoms with Crippen molar-refractivity contribution in [2.24, 2.45) is 0 Å². The van der Waals surface area contributed by atoms with Gasteiger partial charge in [0, 0.05) is 18.7 Å². The lowest BCUT2D eigenvalue weighted by Crippen LogP contribution is -2.17. The molecule has 0 fully saturated rings. The van der Waals surface area contributed by atoms with Gasteiger partial charge in [0.1, 0.15) is 6.07 Å². The zero-order valence-corrected chi connectivity index (χ0v) is 9.66. The molecule has 0 aromatic carbocycles. The number of hydrogen-bond acceptors (Lipinski definition) is 3. The predicted molar refractivity (Wildman–Crippen MR) is 58.4 cm³/mol. The smallest absolute Gasteiger partial charge is 0.101 e. The van der Waals surface area contributed by atoms with Gasteiger partial charge in [-0.05, 0) is 11.6 Å². The predicted octanol–water partition coefficient (Wildman–Crippen LogP) is 2.40. The zero-order chi connectivity index (χ0) is 11.5. The van der Waals surface area contributed by atoms with E-state index < -0.39 is 0 Å². The Bertz CT molecular complexity index is 386. The molecule has 15 heavy (non-hydrogen) atoms. The third-order valence-electron chi connectivity index (χ3n) is 2.16. The maximum absolute atomic E-state index is 9.14. The average Bonchev–Trinajstić information content (AvgIpc) is 2.16. The second-order valence-electron chi connectivity index (χ2n) is 4.49. The van der Waals surface area contributed by atoms with Crippen LogP contribution >= 0.6 is 0 Å². The molecule has 0 radical (unpaired) electrons. The number of pyridine rings is 1. The van der Waals surface area contributed by atoms with Gasteiger partial charge in [-0.25, -0.2) is 0 Å². The highest BCUT2D eigenvalue weighted by Crippen LogP contribution is 2.25. The van der Waals surface area contributed by atoms with Gasteiger partial charge < -0.3 is 4.74 Å². The fourth-order valence-corrected chi connectivity index (χ4v) is 1.47. The summed E-state index contributed by atoms with van der Waals surface area (Å²) < 4.78 is 5.06. The second-order valence-corrected chi connectivity index (χ2v) is 4.49. The molecular weight excluding hydrogens is 188 g/mol. The third kappa shape index (κ3) is 2.54. The summed E-state index contributed by atoms with van der Waals surface area (Å²) in [6.07, 6.45) is 1.73. The van der Waals surface area contributed by atoms with Crippen LogP contribution in [0.25, 0.3) is 0 Å². The zero-order valence-electron chi connectivity index (χ0n) is 9.66. The molecule has 0 saturated carbocycles. The number of ether oxygens (including phenoxy) is 1. The third-order valence-corrected chi connectivity index (χ3v) is 2.16. The number of hydrogen-bond donors (Lipinski definition) is 0. The Morgan fingerprint density at radius 2 is 2.13 bits per heavy atom. The molecule has 0 atom stereocenters. The summed E-state index contributed by atoms with van der Waals surface area (Å²) in [5.41, 5.74) is 2.26. The Balaban J connectivity index is 3.30. The van der Waals surface area contributed by atoms with Crippen molar-refractivity contribution in [3.63, 3.8) is 0 Å². The van der Waals surface area contributed by atoms with E-state index in [1.807, 2.05) is 26.8 Å². The highest BCUT2D eigenvalue weighted by Gasteiger charge is 2.21. The minimum Gasteiger partial charge on any atom is -0.380 e. The summed E-state index contributed by atoms with van der Waals surface area (Å²) >= 11 is 0. The van der Waals surface area contributed by atoms with Crippen molar-refractivity contribution in [1.82, 2.24) is 4.98 Å². The molecule has 0 aliphatic carbocycles. The standard InChI is InChI=1S/C12H16N2O/c1-12(2,3)11-10(7-13)9(8-15-4)5-6-14-11/h5-6H,8H2,1-4H3. The molecule has 0 unspecified atom stereocenters. The van der Waals surface area contributed by atoms with Gasteiger partial charge in [0.15, 0.2) is 0 Å². The Kier molecular flexibility index (Phi) is 3.43. The van der Waals surface area contributed by atoms with E-state index in [2.05, 4.69) is 11.1 Å². The van der Waals surface area contributed by atoms with Crippen molar-refractivity contribution in [2.75, 3.05) is 7.11 Å². The van der Waals surface area contributed by atoms with Crippen LogP contribution < -0.4 is 0 Å². The first-order chi connectivity index (χ1) is 7.00. The van der Waals surface area contributed by atoms with Crippen molar-refractivity contribution < 1.29 is 4.74 Å². The van der Waals surface area contributed by atoms with Gasteiger partial charge in [0.2, 0.25) is 0 Å². The summed E-state index contributed by atoms with van der Waals surface area (Å²) in [5, 5.41) is 9.14. The van der Waals surface area contributed by atoms with Crippen LogP contribution in [0, 0.1) is 11.3 Å². The summed E-state index contributed by atoms with van der Waals surface area (Å²) in [7, 11) is 1.62. The molecule has 3 nitrogen and oxygen atoms in total. The van der Waals surface area contributed by atoms with E-state index >= 15 is 0 Å². The van der Waals surface area contributed by atoms with Crippen LogP contribution in [0.1, 0.15) is 37.6 Å². The van der Waals surface area contributed by atoms with Crippen LogP contribution in [0.5, 0.6) is 0 Å². The Hall–Kier alpha value is -1.40. The normalized spacial score (nSPS) is 11.1. The van der Waals surface area contributed by atoms with Crippen molar-refractivity contribution in [1.29, 1.82) is 5.26 Å². The Morgan fingerprint density at radius 1 is 1.47 bits per heavy atom. The molecule has 1 aromatic heterocycles. The molecule has 1 aromatic rings. The van der Waals surface area contributed by atoms with E-state index in [4.69, 9.17) is 10.00 Å². The van der Waals surface area contributed by atoms with Gasteiger partial charge >= 0.3 is 0 Å². The first-order valence-electron chi connectivity index (χ1n) is 4.88. The van der Waals surface area contributed by atoms with E-state index in [-0.39, 0.29) is 5.41 Å². The molecular formula is C12H16N2O. The molecule has 1 heterocycles. The van der Waals surface area contributed by atoms with Crippen molar-refractivity contribution in [2.45, 2.75) is 32.8 Å². The minimum absolute atomic E-state index is 0.116. The molecule has 0 amide bonds. The van der Waals surface area contributed by atoms with Crippen LogP contribution in [0.2, 0.25) is 0 Å². The van der Waals surface area contributed by atoms with Crippen LogP contribution in [-0.4, -0.2) is 12.1 Å². The lowest BCUT2D eigenvalue weighted by molar-refractivity contribution is 0.184. The molecule has 0 aliphatic heterocycles. The topological polar surface area (TPSA) is 45.9 Å². The van der Waals surface area contributed by atoms with E-state index in [0.29, 0.717) is 12.2 Å². The van der Waals surface area contributed by atoms with Gasteiger partial charge in [-0.15, -0.1) is 0 Å². The van der Waals surface area contributed by atoms with Gasteiger partial charge in [-0.1, -0.05) is 20.8 Å². The lowest BCUT2D eigenvalue weighted by atomic mass is 9.87.